The van der Waals surface area contributed by atoms with Crippen molar-refractivity contribution in [3.05, 3.63) is 23.5 Å². The summed E-state index contributed by atoms with van der Waals surface area (Å²) in [5.41, 5.74) is 1.80. The van der Waals surface area contributed by atoms with Crippen molar-refractivity contribution in [1.82, 2.24) is 9.88 Å². The van der Waals surface area contributed by atoms with Gasteiger partial charge in [0.2, 0.25) is 0 Å². The van der Waals surface area contributed by atoms with Crippen molar-refractivity contribution >= 4 is 5.97 Å². The second kappa shape index (κ2) is 7.28. The van der Waals surface area contributed by atoms with Crippen molar-refractivity contribution in [1.29, 1.82) is 5.26 Å². The molecule has 1 heterocycles. The molecule has 1 fully saturated rings. The molecule has 1 saturated carbocycles. The predicted molar refractivity (Wildman–Crippen MR) is 79.3 cm³/mol. The maximum atomic E-state index is 11.7. The number of hydrogen-bond donors (Lipinski definition) is 1. The van der Waals surface area contributed by atoms with Crippen LogP contribution in [0.4, 0.5) is 0 Å². The highest BCUT2D eigenvalue weighted by Gasteiger charge is 2.26. The smallest absolute Gasteiger partial charge is 0.308 e. The summed E-state index contributed by atoms with van der Waals surface area (Å²) in [4.78, 5) is 11.7. The van der Waals surface area contributed by atoms with E-state index in [1.165, 1.54) is 0 Å². The van der Waals surface area contributed by atoms with E-state index in [9.17, 15) is 4.79 Å². The second-order valence-corrected chi connectivity index (χ2v) is 5.64. The van der Waals surface area contributed by atoms with Gasteiger partial charge in [0.25, 0.3) is 0 Å². The molecule has 5 heteroatoms. The molecule has 0 atom stereocenters. The summed E-state index contributed by atoms with van der Waals surface area (Å²) >= 11 is 0. The largest absolute Gasteiger partial charge is 0.466 e. The molecule has 1 N–H and O–H groups in total. The summed E-state index contributed by atoms with van der Waals surface area (Å²) in [5.74, 6) is 0.0302. The number of carbonyl (C=O) groups excluding carboxylic acids is 1. The van der Waals surface area contributed by atoms with Crippen LogP contribution < -0.4 is 5.32 Å². The first-order chi connectivity index (χ1) is 10.1. The number of rotatable bonds is 5. The van der Waals surface area contributed by atoms with Crippen LogP contribution in [0.1, 0.15) is 43.9 Å². The summed E-state index contributed by atoms with van der Waals surface area (Å²) in [7, 11) is 1.88. The Bertz CT molecular complexity index is 522. The van der Waals surface area contributed by atoms with Gasteiger partial charge in [0.05, 0.1) is 12.5 Å². The van der Waals surface area contributed by atoms with Crippen LogP contribution in [0.3, 0.4) is 0 Å². The lowest BCUT2D eigenvalue weighted by molar-refractivity contribution is -0.149. The lowest BCUT2D eigenvalue weighted by atomic mass is 9.86. The summed E-state index contributed by atoms with van der Waals surface area (Å²) < 4.78 is 6.92. The van der Waals surface area contributed by atoms with Crippen LogP contribution in [0, 0.1) is 17.2 Å². The third-order valence-corrected chi connectivity index (χ3v) is 4.12. The van der Waals surface area contributed by atoms with Gasteiger partial charge in [-0.25, -0.2) is 0 Å². The van der Waals surface area contributed by atoms with Gasteiger partial charge in [0.1, 0.15) is 11.8 Å². The van der Waals surface area contributed by atoms with Gasteiger partial charge in [-0.1, -0.05) is 0 Å². The Balaban J connectivity index is 1.76. The van der Waals surface area contributed by atoms with Crippen molar-refractivity contribution in [2.24, 2.45) is 13.0 Å². The van der Waals surface area contributed by atoms with E-state index in [2.05, 4.69) is 11.4 Å². The van der Waals surface area contributed by atoms with E-state index >= 15 is 0 Å². The topological polar surface area (TPSA) is 67.0 Å². The molecule has 0 unspecified atom stereocenters. The number of hydrogen-bond acceptors (Lipinski definition) is 4. The molecular formula is C16H23N3O2. The molecule has 0 amide bonds. The molecule has 0 saturated heterocycles. The van der Waals surface area contributed by atoms with Crippen molar-refractivity contribution in [3.8, 4) is 6.07 Å². The molecule has 0 aliphatic heterocycles. The van der Waals surface area contributed by atoms with Crippen LogP contribution in [0.25, 0.3) is 0 Å². The van der Waals surface area contributed by atoms with Gasteiger partial charge in [0, 0.05) is 25.8 Å². The van der Waals surface area contributed by atoms with Gasteiger partial charge in [-0.15, -0.1) is 0 Å². The summed E-state index contributed by atoms with van der Waals surface area (Å²) in [6.45, 7) is 3.08. The number of aromatic nitrogens is 1. The van der Waals surface area contributed by atoms with Gasteiger partial charge < -0.3 is 14.6 Å². The van der Waals surface area contributed by atoms with Crippen LogP contribution in [0.5, 0.6) is 0 Å². The van der Waals surface area contributed by atoms with E-state index in [1.807, 2.05) is 30.8 Å². The highest BCUT2D eigenvalue weighted by atomic mass is 16.5. The maximum absolute atomic E-state index is 11.7. The minimum atomic E-state index is -0.0438. The zero-order chi connectivity index (χ0) is 15.2. The Morgan fingerprint density at radius 2 is 2.19 bits per heavy atom. The Morgan fingerprint density at radius 1 is 1.48 bits per heavy atom. The molecule has 2 rings (SSSR count). The van der Waals surface area contributed by atoms with Crippen molar-refractivity contribution in [2.75, 3.05) is 6.61 Å². The fraction of sp³-hybridized carbons (Fsp3) is 0.625. The number of ether oxygens (including phenoxy) is 1. The average molecular weight is 289 g/mol. The van der Waals surface area contributed by atoms with Crippen LogP contribution in [-0.4, -0.2) is 23.2 Å². The highest BCUT2D eigenvalue weighted by Crippen LogP contribution is 2.25. The fourth-order valence-electron chi connectivity index (χ4n) is 2.90. The third kappa shape index (κ3) is 4.08. The van der Waals surface area contributed by atoms with Crippen LogP contribution in [0.15, 0.2) is 12.3 Å². The van der Waals surface area contributed by atoms with E-state index in [0.717, 1.165) is 37.8 Å². The Hall–Kier alpha value is -1.80. The van der Waals surface area contributed by atoms with Crippen LogP contribution in [-0.2, 0) is 23.1 Å². The monoisotopic (exact) mass is 289 g/mol. The number of aryl methyl sites for hydroxylation is 1. The van der Waals surface area contributed by atoms with E-state index < -0.39 is 0 Å². The van der Waals surface area contributed by atoms with Crippen LogP contribution in [0.2, 0.25) is 0 Å². The highest BCUT2D eigenvalue weighted by molar-refractivity contribution is 5.72. The lowest BCUT2D eigenvalue weighted by Gasteiger charge is -2.27. The van der Waals surface area contributed by atoms with Gasteiger partial charge in [-0.3, -0.25) is 4.79 Å². The zero-order valence-corrected chi connectivity index (χ0v) is 12.8. The van der Waals surface area contributed by atoms with Gasteiger partial charge in [-0.2, -0.15) is 5.26 Å². The molecule has 5 nitrogen and oxygen atoms in total. The molecule has 1 aromatic rings. The van der Waals surface area contributed by atoms with E-state index in [0.29, 0.717) is 18.3 Å². The van der Waals surface area contributed by atoms with Crippen molar-refractivity contribution in [3.63, 3.8) is 0 Å². The molecule has 114 valence electrons. The molecule has 1 aromatic heterocycles. The van der Waals surface area contributed by atoms with E-state index in [-0.39, 0.29) is 11.9 Å². The quantitative estimate of drug-likeness (QED) is 0.843. The first-order valence-electron chi connectivity index (χ1n) is 7.59. The number of nitrogens with zero attached hydrogens (tertiary/aromatic N) is 2. The Kier molecular flexibility index (Phi) is 5.40. The molecule has 0 radical (unpaired) electrons. The normalized spacial score (nSPS) is 21.8. The lowest BCUT2D eigenvalue weighted by Crippen LogP contribution is -2.35. The van der Waals surface area contributed by atoms with Gasteiger partial charge >= 0.3 is 5.97 Å². The van der Waals surface area contributed by atoms with Gasteiger partial charge in [-0.05, 0) is 44.2 Å². The van der Waals surface area contributed by atoms with Crippen molar-refractivity contribution in [2.45, 2.75) is 45.2 Å². The molecular weight excluding hydrogens is 266 g/mol. The predicted octanol–water partition coefficient (Wildman–Crippen LogP) is 2.11. The van der Waals surface area contributed by atoms with Crippen LogP contribution >= 0.6 is 0 Å². The second-order valence-electron chi connectivity index (χ2n) is 5.64. The molecule has 21 heavy (non-hydrogen) atoms. The average Bonchev–Trinajstić information content (AvgIpc) is 2.86. The third-order valence-electron chi connectivity index (χ3n) is 4.12. The number of esters is 1. The Morgan fingerprint density at radius 3 is 2.76 bits per heavy atom. The Labute approximate surface area is 125 Å². The molecule has 1 aliphatic carbocycles. The SMILES string of the molecule is CCOC(=O)C1CCC(NCc2cc(C#N)n(C)c2)CC1. The minimum Gasteiger partial charge on any atom is -0.466 e. The summed E-state index contributed by atoms with van der Waals surface area (Å²) in [5, 5.41) is 12.5. The molecule has 0 bridgehead atoms. The van der Waals surface area contributed by atoms with E-state index in [1.54, 1.807) is 0 Å². The number of nitriles is 1. The summed E-state index contributed by atoms with van der Waals surface area (Å²) in [6.07, 6.45) is 5.78. The maximum Gasteiger partial charge on any atom is 0.308 e. The number of carbonyl (C=O) groups is 1. The first-order valence-corrected chi connectivity index (χ1v) is 7.59. The minimum absolute atomic E-state index is 0.0438. The standard InChI is InChI=1S/C16H23N3O2/c1-3-21-16(20)13-4-6-14(7-5-13)18-10-12-8-15(9-17)19(2)11-12/h8,11,13-14,18H,3-7,10H2,1-2H3. The van der Waals surface area contributed by atoms with Crippen molar-refractivity contribution < 1.29 is 9.53 Å². The fourth-order valence-corrected chi connectivity index (χ4v) is 2.90. The zero-order valence-electron chi connectivity index (χ0n) is 12.8. The van der Waals surface area contributed by atoms with E-state index in [4.69, 9.17) is 10.00 Å². The first kappa shape index (κ1) is 15.6. The molecule has 0 spiro atoms. The molecule has 1 aliphatic rings. The number of nitrogens with one attached hydrogen (secondary N) is 1. The molecule has 0 aromatic carbocycles. The van der Waals surface area contributed by atoms with Gasteiger partial charge in [0.15, 0.2) is 0 Å². The summed E-state index contributed by atoms with van der Waals surface area (Å²) in [6, 6.07) is 4.53.